The smallest absolute Gasteiger partial charge is 0.246 e. The first-order valence-electron chi connectivity index (χ1n) is 5.32. The Balaban J connectivity index is 2.14. The van der Waals surface area contributed by atoms with Crippen LogP contribution in [-0.4, -0.2) is 18.2 Å². The van der Waals surface area contributed by atoms with Crippen LogP contribution in [0.5, 0.6) is 0 Å². The second kappa shape index (κ2) is 4.14. The summed E-state index contributed by atoms with van der Waals surface area (Å²) < 4.78 is 0. The molecule has 4 heteroatoms. The van der Waals surface area contributed by atoms with Gasteiger partial charge in [0.15, 0.2) is 0 Å². The summed E-state index contributed by atoms with van der Waals surface area (Å²) in [6, 6.07) is 11.9. The Morgan fingerprint density at radius 1 is 1.18 bits per heavy atom. The lowest BCUT2D eigenvalue weighted by Gasteiger charge is -2.04. The van der Waals surface area contributed by atoms with E-state index in [-0.39, 0.29) is 12.5 Å². The molecule has 3 nitrogen and oxygen atoms in total. The Kier molecular flexibility index (Phi) is 2.49. The molecule has 1 N–H and O–H groups in total. The van der Waals surface area contributed by atoms with Crippen LogP contribution in [0.2, 0.25) is 0 Å². The van der Waals surface area contributed by atoms with Crippen molar-refractivity contribution < 1.29 is 4.79 Å². The third-order valence-corrected chi connectivity index (χ3v) is 3.50. The van der Waals surface area contributed by atoms with Crippen LogP contribution in [0.3, 0.4) is 0 Å². The molecule has 0 radical (unpaired) electrons. The van der Waals surface area contributed by atoms with Gasteiger partial charge in [0.25, 0.3) is 0 Å². The molecule has 1 aliphatic heterocycles. The molecule has 0 atom stereocenters. The van der Waals surface area contributed by atoms with E-state index < -0.39 is 0 Å². The first kappa shape index (κ1) is 10.2. The number of hydrogen-bond acceptors (Lipinski definition) is 3. The van der Waals surface area contributed by atoms with E-state index in [9.17, 15) is 4.79 Å². The molecule has 0 saturated heterocycles. The van der Waals surface area contributed by atoms with E-state index in [1.54, 1.807) is 11.3 Å². The number of hydrogen-bond donors (Lipinski definition) is 1. The number of aliphatic imine (C=N–C) groups is 1. The van der Waals surface area contributed by atoms with Gasteiger partial charge in [-0.15, -0.1) is 11.3 Å². The minimum atomic E-state index is -0.0596. The van der Waals surface area contributed by atoms with E-state index in [0.29, 0.717) is 0 Å². The number of amides is 1. The third-order valence-electron chi connectivity index (χ3n) is 2.58. The number of rotatable bonds is 1. The van der Waals surface area contributed by atoms with Crippen molar-refractivity contribution in [2.24, 2.45) is 4.99 Å². The average molecular weight is 242 g/mol. The van der Waals surface area contributed by atoms with Crippen molar-refractivity contribution in [3.8, 4) is 0 Å². The molecule has 17 heavy (non-hydrogen) atoms. The highest BCUT2D eigenvalue weighted by Gasteiger charge is 2.18. The Labute approximate surface area is 103 Å². The molecule has 1 aromatic carbocycles. The number of benzene rings is 1. The number of nitrogens with one attached hydrogen (secondary N) is 1. The van der Waals surface area contributed by atoms with E-state index in [2.05, 4.69) is 10.3 Å². The topological polar surface area (TPSA) is 41.5 Å². The summed E-state index contributed by atoms with van der Waals surface area (Å²) in [7, 11) is 0. The Morgan fingerprint density at radius 3 is 2.82 bits per heavy atom. The van der Waals surface area contributed by atoms with Crippen LogP contribution in [0.25, 0.3) is 0 Å². The molecule has 84 valence electrons. The zero-order valence-electron chi connectivity index (χ0n) is 9.01. The molecule has 2 heterocycles. The van der Waals surface area contributed by atoms with Gasteiger partial charge in [0.1, 0.15) is 6.54 Å². The maximum Gasteiger partial charge on any atom is 0.246 e. The van der Waals surface area contributed by atoms with Gasteiger partial charge >= 0.3 is 0 Å². The second-order valence-corrected chi connectivity index (χ2v) is 4.66. The molecular weight excluding hydrogens is 232 g/mol. The highest BCUT2D eigenvalue weighted by molar-refractivity contribution is 7.13. The largest absolute Gasteiger partial charge is 0.323 e. The molecule has 0 fully saturated rings. The zero-order valence-corrected chi connectivity index (χ0v) is 9.83. The maximum atomic E-state index is 11.5. The highest BCUT2D eigenvalue weighted by atomic mass is 32.1. The van der Waals surface area contributed by atoms with E-state index in [1.807, 2.05) is 41.8 Å². The predicted molar refractivity (Wildman–Crippen MR) is 69.9 cm³/mol. The normalized spacial score (nSPS) is 14.6. The summed E-state index contributed by atoms with van der Waals surface area (Å²) in [5.74, 6) is -0.0596. The molecule has 1 aliphatic rings. The molecule has 0 spiro atoms. The van der Waals surface area contributed by atoms with Crippen LogP contribution < -0.4 is 5.32 Å². The van der Waals surface area contributed by atoms with Crippen LogP contribution in [0, 0.1) is 0 Å². The van der Waals surface area contributed by atoms with Gasteiger partial charge in [0.05, 0.1) is 16.3 Å². The molecule has 1 amide bonds. The summed E-state index contributed by atoms with van der Waals surface area (Å²) in [6.07, 6.45) is 0. The monoisotopic (exact) mass is 242 g/mol. The quantitative estimate of drug-likeness (QED) is 0.820. The number of thiophene rings is 1. The first-order valence-corrected chi connectivity index (χ1v) is 6.20. The van der Waals surface area contributed by atoms with Gasteiger partial charge in [-0.25, -0.2) is 0 Å². The molecule has 3 rings (SSSR count). The minimum absolute atomic E-state index is 0.0596. The molecule has 0 unspecified atom stereocenters. The SMILES string of the molecule is O=C1CN=C(c2ccccc2)c2sccc2N1. The number of carbonyl (C=O) groups excluding carboxylic acids is 1. The summed E-state index contributed by atoms with van der Waals surface area (Å²) in [6.45, 7) is 0.186. The van der Waals surface area contributed by atoms with Gasteiger partial charge < -0.3 is 5.32 Å². The van der Waals surface area contributed by atoms with Gasteiger partial charge in [-0.05, 0) is 11.4 Å². The van der Waals surface area contributed by atoms with Crippen molar-refractivity contribution in [3.63, 3.8) is 0 Å². The van der Waals surface area contributed by atoms with E-state index >= 15 is 0 Å². The van der Waals surface area contributed by atoms with E-state index in [0.717, 1.165) is 21.8 Å². The van der Waals surface area contributed by atoms with Gasteiger partial charge in [-0.1, -0.05) is 30.3 Å². The third kappa shape index (κ3) is 1.87. The second-order valence-electron chi connectivity index (χ2n) is 3.74. The predicted octanol–water partition coefficient (Wildman–Crippen LogP) is 2.54. The summed E-state index contributed by atoms with van der Waals surface area (Å²) in [5.41, 5.74) is 2.81. The van der Waals surface area contributed by atoms with Crippen LogP contribution in [0.4, 0.5) is 5.69 Å². The van der Waals surface area contributed by atoms with Gasteiger partial charge in [0, 0.05) is 5.56 Å². The summed E-state index contributed by atoms with van der Waals surface area (Å²) in [5, 5.41) is 4.83. The first-order chi connectivity index (χ1) is 8.34. The number of anilines is 1. The molecule has 0 aliphatic carbocycles. The minimum Gasteiger partial charge on any atom is -0.323 e. The Bertz CT molecular complexity index is 586. The molecule has 1 aromatic heterocycles. The molecule has 0 bridgehead atoms. The van der Waals surface area contributed by atoms with E-state index in [4.69, 9.17) is 0 Å². The van der Waals surface area contributed by atoms with Gasteiger partial charge in [0.2, 0.25) is 5.91 Å². The lowest BCUT2D eigenvalue weighted by atomic mass is 10.1. The van der Waals surface area contributed by atoms with Crippen molar-refractivity contribution in [3.05, 3.63) is 52.2 Å². The summed E-state index contributed by atoms with van der Waals surface area (Å²) >= 11 is 1.60. The van der Waals surface area contributed by atoms with Crippen molar-refractivity contribution >= 4 is 28.6 Å². The summed E-state index contributed by atoms with van der Waals surface area (Å²) in [4.78, 5) is 16.9. The lowest BCUT2D eigenvalue weighted by Crippen LogP contribution is -2.12. The molecule has 0 saturated carbocycles. The highest BCUT2D eigenvalue weighted by Crippen LogP contribution is 2.27. The fraction of sp³-hybridized carbons (Fsp3) is 0.0769. The Morgan fingerprint density at radius 2 is 2.00 bits per heavy atom. The lowest BCUT2D eigenvalue weighted by molar-refractivity contribution is -0.114. The van der Waals surface area contributed by atoms with Gasteiger partial charge in [-0.3, -0.25) is 9.79 Å². The van der Waals surface area contributed by atoms with Crippen molar-refractivity contribution in [1.29, 1.82) is 0 Å². The maximum absolute atomic E-state index is 11.5. The Hall–Kier alpha value is -1.94. The van der Waals surface area contributed by atoms with Crippen molar-refractivity contribution in [1.82, 2.24) is 0 Å². The van der Waals surface area contributed by atoms with Crippen LogP contribution in [0.15, 0.2) is 46.8 Å². The van der Waals surface area contributed by atoms with Gasteiger partial charge in [-0.2, -0.15) is 0 Å². The standard InChI is InChI=1S/C13H10N2OS/c16-11-8-14-12(9-4-2-1-3-5-9)13-10(15-11)6-7-17-13/h1-7H,8H2,(H,15,16). The number of carbonyl (C=O) groups is 1. The number of fused-ring (bicyclic) bond motifs is 1. The van der Waals surface area contributed by atoms with E-state index in [1.165, 1.54) is 0 Å². The van der Waals surface area contributed by atoms with Crippen LogP contribution >= 0.6 is 11.3 Å². The van der Waals surface area contributed by atoms with Crippen molar-refractivity contribution in [2.75, 3.05) is 11.9 Å². The number of nitrogens with zero attached hydrogens (tertiary/aromatic N) is 1. The molecular formula is C13H10N2OS. The fourth-order valence-electron chi connectivity index (χ4n) is 1.82. The zero-order chi connectivity index (χ0) is 11.7. The van der Waals surface area contributed by atoms with Crippen molar-refractivity contribution in [2.45, 2.75) is 0 Å². The molecule has 2 aromatic rings. The van der Waals surface area contributed by atoms with Crippen LogP contribution in [-0.2, 0) is 4.79 Å². The fourth-order valence-corrected chi connectivity index (χ4v) is 2.70. The van der Waals surface area contributed by atoms with Crippen LogP contribution in [0.1, 0.15) is 10.4 Å². The average Bonchev–Trinajstić information content (AvgIpc) is 2.73.